The van der Waals surface area contributed by atoms with Crippen LogP contribution in [-0.2, 0) is 9.47 Å². The Bertz CT molecular complexity index is 274. The standard InChI is InChI=1S/C18H35F3O2/c1-5-9-10-11-12-13-14-16(15-18(19,20)21)17(6-2,22-7-3)23-8-4/h16H,5-15H2,1-4H3. The quantitative estimate of drug-likeness (QED) is 0.266. The van der Waals surface area contributed by atoms with Crippen LogP contribution < -0.4 is 0 Å². The van der Waals surface area contributed by atoms with Crippen molar-refractivity contribution in [3.8, 4) is 0 Å². The van der Waals surface area contributed by atoms with E-state index < -0.39 is 24.3 Å². The zero-order valence-electron chi connectivity index (χ0n) is 15.3. The zero-order valence-corrected chi connectivity index (χ0v) is 15.3. The van der Waals surface area contributed by atoms with Gasteiger partial charge in [-0.2, -0.15) is 13.2 Å². The fourth-order valence-electron chi connectivity index (χ4n) is 3.19. The monoisotopic (exact) mass is 340 g/mol. The van der Waals surface area contributed by atoms with Crippen LogP contribution in [0.25, 0.3) is 0 Å². The lowest BCUT2D eigenvalue weighted by atomic mass is 9.86. The average molecular weight is 340 g/mol. The van der Waals surface area contributed by atoms with Crippen molar-refractivity contribution < 1.29 is 22.6 Å². The number of alkyl halides is 3. The van der Waals surface area contributed by atoms with Crippen LogP contribution in [0.15, 0.2) is 0 Å². The van der Waals surface area contributed by atoms with E-state index in [0.717, 1.165) is 25.7 Å². The van der Waals surface area contributed by atoms with Gasteiger partial charge in [-0.25, -0.2) is 0 Å². The van der Waals surface area contributed by atoms with E-state index in [0.29, 0.717) is 26.1 Å². The molecule has 0 aromatic rings. The Morgan fingerprint density at radius 2 is 1.30 bits per heavy atom. The van der Waals surface area contributed by atoms with Gasteiger partial charge in [-0.05, 0) is 26.7 Å². The lowest BCUT2D eigenvalue weighted by Crippen LogP contribution is -2.45. The molecule has 0 aromatic heterocycles. The first-order valence-corrected chi connectivity index (χ1v) is 9.19. The summed E-state index contributed by atoms with van der Waals surface area (Å²) in [5.41, 5.74) is 0. The molecular formula is C18H35F3O2. The maximum absolute atomic E-state index is 13.0. The molecule has 1 atom stereocenters. The molecular weight excluding hydrogens is 305 g/mol. The summed E-state index contributed by atoms with van der Waals surface area (Å²) >= 11 is 0. The van der Waals surface area contributed by atoms with Crippen molar-refractivity contribution in [3.63, 3.8) is 0 Å². The second-order valence-electron chi connectivity index (χ2n) is 6.10. The molecule has 5 heteroatoms. The van der Waals surface area contributed by atoms with Crippen LogP contribution >= 0.6 is 0 Å². The lowest BCUT2D eigenvalue weighted by Gasteiger charge is -2.40. The summed E-state index contributed by atoms with van der Waals surface area (Å²) in [7, 11) is 0. The SMILES string of the molecule is CCCCCCCCC(CC(F)(F)F)C(CC)(OCC)OCC. The Labute approximate surface area is 140 Å². The summed E-state index contributed by atoms with van der Waals surface area (Å²) in [5.74, 6) is -1.75. The van der Waals surface area contributed by atoms with Gasteiger partial charge in [0, 0.05) is 19.1 Å². The van der Waals surface area contributed by atoms with Crippen molar-refractivity contribution in [1.82, 2.24) is 0 Å². The predicted octanol–water partition coefficient (Wildman–Crippen LogP) is 6.48. The van der Waals surface area contributed by atoms with Crippen LogP contribution in [0.5, 0.6) is 0 Å². The van der Waals surface area contributed by atoms with Crippen LogP contribution in [0.4, 0.5) is 13.2 Å². The van der Waals surface area contributed by atoms with E-state index in [2.05, 4.69) is 6.92 Å². The molecule has 2 nitrogen and oxygen atoms in total. The third-order valence-corrected chi connectivity index (χ3v) is 4.28. The van der Waals surface area contributed by atoms with Crippen LogP contribution in [0.3, 0.4) is 0 Å². The summed E-state index contributed by atoms with van der Waals surface area (Å²) in [6.07, 6.45) is 2.30. The molecule has 0 rings (SSSR count). The van der Waals surface area contributed by atoms with E-state index in [9.17, 15) is 13.2 Å². The fourth-order valence-corrected chi connectivity index (χ4v) is 3.19. The van der Waals surface area contributed by atoms with Crippen LogP contribution in [0.2, 0.25) is 0 Å². The molecule has 0 saturated carbocycles. The third-order valence-electron chi connectivity index (χ3n) is 4.28. The molecule has 0 bridgehead atoms. The molecule has 0 saturated heterocycles. The predicted molar refractivity (Wildman–Crippen MR) is 88.4 cm³/mol. The first kappa shape index (κ1) is 22.7. The maximum atomic E-state index is 13.0. The van der Waals surface area contributed by atoms with Gasteiger partial charge in [0.25, 0.3) is 0 Å². The van der Waals surface area contributed by atoms with Gasteiger partial charge in [-0.1, -0.05) is 52.4 Å². The van der Waals surface area contributed by atoms with E-state index in [1.807, 2.05) is 6.92 Å². The molecule has 0 spiro atoms. The molecule has 0 heterocycles. The summed E-state index contributed by atoms with van der Waals surface area (Å²) in [4.78, 5) is 0. The Morgan fingerprint density at radius 1 is 0.783 bits per heavy atom. The number of hydrogen-bond donors (Lipinski definition) is 0. The molecule has 23 heavy (non-hydrogen) atoms. The van der Waals surface area contributed by atoms with Gasteiger partial charge in [-0.15, -0.1) is 0 Å². The first-order valence-electron chi connectivity index (χ1n) is 9.19. The zero-order chi connectivity index (χ0) is 17.8. The van der Waals surface area contributed by atoms with Crippen molar-refractivity contribution in [2.45, 2.75) is 97.4 Å². The first-order chi connectivity index (χ1) is 10.8. The summed E-state index contributed by atoms with van der Waals surface area (Å²) in [6, 6.07) is 0. The topological polar surface area (TPSA) is 18.5 Å². The fraction of sp³-hybridized carbons (Fsp3) is 1.00. The Morgan fingerprint density at radius 3 is 1.74 bits per heavy atom. The van der Waals surface area contributed by atoms with E-state index in [-0.39, 0.29) is 0 Å². The van der Waals surface area contributed by atoms with E-state index in [1.54, 1.807) is 13.8 Å². The number of rotatable bonds is 14. The van der Waals surface area contributed by atoms with Gasteiger partial charge in [-0.3, -0.25) is 0 Å². The van der Waals surface area contributed by atoms with Crippen LogP contribution in [-0.4, -0.2) is 25.2 Å². The normalized spacial score (nSPS) is 14.2. The molecule has 0 radical (unpaired) electrons. The van der Waals surface area contributed by atoms with Crippen molar-refractivity contribution in [1.29, 1.82) is 0 Å². The largest absolute Gasteiger partial charge is 0.389 e. The van der Waals surface area contributed by atoms with E-state index in [1.165, 1.54) is 12.8 Å². The highest BCUT2D eigenvalue weighted by molar-refractivity contribution is 4.81. The summed E-state index contributed by atoms with van der Waals surface area (Å²) in [6.45, 7) is 8.32. The highest BCUT2D eigenvalue weighted by Crippen LogP contribution is 2.39. The second kappa shape index (κ2) is 12.1. The highest BCUT2D eigenvalue weighted by Gasteiger charge is 2.44. The van der Waals surface area contributed by atoms with Crippen molar-refractivity contribution in [2.24, 2.45) is 5.92 Å². The van der Waals surface area contributed by atoms with Crippen molar-refractivity contribution >= 4 is 0 Å². The van der Waals surface area contributed by atoms with Gasteiger partial charge in [0.1, 0.15) is 0 Å². The van der Waals surface area contributed by atoms with Crippen molar-refractivity contribution in [2.75, 3.05) is 13.2 Å². The Kier molecular flexibility index (Phi) is 12.0. The molecule has 0 N–H and O–H groups in total. The minimum Gasteiger partial charge on any atom is -0.350 e. The molecule has 0 fully saturated rings. The molecule has 0 aromatic carbocycles. The highest BCUT2D eigenvalue weighted by atomic mass is 19.4. The molecule has 0 amide bonds. The Balaban J connectivity index is 4.80. The lowest BCUT2D eigenvalue weighted by molar-refractivity contribution is -0.283. The van der Waals surface area contributed by atoms with Crippen molar-refractivity contribution in [3.05, 3.63) is 0 Å². The number of halogens is 3. The van der Waals surface area contributed by atoms with Gasteiger partial charge < -0.3 is 9.47 Å². The van der Waals surface area contributed by atoms with Crippen LogP contribution in [0, 0.1) is 5.92 Å². The second-order valence-corrected chi connectivity index (χ2v) is 6.10. The molecule has 140 valence electrons. The number of hydrogen-bond acceptors (Lipinski definition) is 2. The minimum absolute atomic E-state index is 0.360. The van der Waals surface area contributed by atoms with Gasteiger partial charge >= 0.3 is 6.18 Å². The summed E-state index contributed by atoms with van der Waals surface area (Å²) in [5, 5.41) is 0. The van der Waals surface area contributed by atoms with Gasteiger partial charge in [0.15, 0.2) is 5.79 Å². The van der Waals surface area contributed by atoms with Crippen LogP contribution in [0.1, 0.15) is 85.5 Å². The van der Waals surface area contributed by atoms with E-state index in [4.69, 9.17) is 9.47 Å². The Hall–Kier alpha value is -0.290. The summed E-state index contributed by atoms with van der Waals surface area (Å²) < 4.78 is 50.5. The third kappa shape index (κ3) is 9.55. The molecule has 0 aliphatic carbocycles. The maximum Gasteiger partial charge on any atom is 0.389 e. The minimum atomic E-state index is -4.19. The number of ether oxygens (including phenoxy) is 2. The van der Waals surface area contributed by atoms with E-state index >= 15 is 0 Å². The molecule has 1 unspecified atom stereocenters. The smallest absolute Gasteiger partial charge is 0.350 e. The average Bonchev–Trinajstić information content (AvgIpc) is 2.48. The van der Waals surface area contributed by atoms with Gasteiger partial charge in [0.2, 0.25) is 0 Å². The number of unbranched alkanes of at least 4 members (excludes halogenated alkanes) is 5. The van der Waals surface area contributed by atoms with Gasteiger partial charge in [0.05, 0.1) is 6.42 Å². The molecule has 0 aliphatic heterocycles. The molecule has 0 aliphatic rings.